The third-order valence-corrected chi connectivity index (χ3v) is 4.61. The fourth-order valence-corrected chi connectivity index (χ4v) is 3.63. The minimum atomic E-state index is -3.10. The van der Waals surface area contributed by atoms with Gasteiger partial charge in [0.25, 0.3) is 0 Å². The fraction of sp³-hybridized carbons (Fsp3) is 0.900. The van der Waals surface area contributed by atoms with Crippen molar-refractivity contribution in [1.29, 1.82) is 0 Å². The Hall–Kier alpha value is -0.660. The van der Waals surface area contributed by atoms with E-state index in [0.717, 1.165) is 6.42 Å². The molecule has 1 aliphatic heterocycles. The van der Waals surface area contributed by atoms with E-state index in [1.807, 2.05) is 4.90 Å². The Labute approximate surface area is 101 Å². The van der Waals surface area contributed by atoms with Crippen molar-refractivity contribution in [2.75, 3.05) is 31.2 Å². The van der Waals surface area contributed by atoms with Gasteiger partial charge in [0.2, 0.25) is 0 Å². The molecule has 1 aliphatic rings. The number of hydrogen-bond donors (Lipinski definition) is 2. The molecule has 0 bridgehead atoms. The van der Waals surface area contributed by atoms with Gasteiger partial charge in [-0.05, 0) is 19.4 Å². The molecule has 0 amide bonds. The molecule has 1 fully saturated rings. The van der Waals surface area contributed by atoms with Crippen LogP contribution in [0, 0.1) is 0 Å². The first-order valence-electron chi connectivity index (χ1n) is 5.72. The first-order chi connectivity index (χ1) is 7.94. The first-order valence-corrected chi connectivity index (χ1v) is 7.54. The van der Waals surface area contributed by atoms with Gasteiger partial charge in [0.05, 0.1) is 17.9 Å². The monoisotopic (exact) mass is 265 g/mol. The molecule has 100 valence electrons. The van der Waals surface area contributed by atoms with Gasteiger partial charge in [-0.3, -0.25) is 9.69 Å². The molecule has 17 heavy (non-hydrogen) atoms. The van der Waals surface area contributed by atoms with Crippen LogP contribution in [0.15, 0.2) is 0 Å². The van der Waals surface area contributed by atoms with Crippen LogP contribution >= 0.6 is 0 Å². The Balaban J connectivity index is 2.57. The smallest absolute Gasteiger partial charge is 0.304 e. The van der Waals surface area contributed by atoms with Crippen LogP contribution < -0.4 is 0 Å². The predicted octanol–water partition coefficient (Wildman–Crippen LogP) is -0.667. The van der Waals surface area contributed by atoms with Crippen molar-refractivity contribution >= 4 is 15.8 Å². The molecule has 0 spiro atoms. The third kappa shape index (κ3) is 5.01. The molecule has 0 aromatic rings. The number of rotatable bonds is 6. The molecule has 0 saturated carbocycles. The number of carboxylic acids is 1. The van der Waals surface area contributed by atoms with Crippen LogP contribution in [0.4, 0.5) is 0 Å². The molecule has 1 saturated heterocycles. The van der Waals surface area contributed by atoms with Gasteiger partial charge in [-0.25, -0.2) is 8.42 Å². The Bertz CT molecular complexity index is 354. The molecule has 0 aromatic heterocycles. The average Bonchev–Trinajstić information content (AvgIpc) is 2.20. The molecule has 1 heterocycles. The topological polar surface area (TPSA) is 94.9 Å². The van der Waals surface area contributed by atoms with E-state index in [0.29, 0.717) is 19.5 Å². The number of unbranched alkanes of at least 4 members (excludes halogenated alkanes) is 1. The maximum absolute atomic E-state index is 11.5. The lowest BCUT2D eigenvalue weighted by atomic mass is 10.1. The zero-order valence-corrected chi connectivity index (χ0v) is 10.5. The minimum absolute atomic E-state index is 0.0710. The van der Waals surface area contributed by atoms with E-state index in [1.165, 1.54) is 0 Å². The molecule has 0 aliphatic carbocycles. The number of aliphatic carboxylic acids is 1. The average molecular weight is 265 g/mol. The summed E-state index contributed by atoms with van der Waals surface area (Å²) >= 11 is 0. The third-order valence-electron chi connectivity index (χ3n) is 2.92. The van der Waals surface area contributed by atoms with E-state index < -0.39 is 21.8 Å². The number of carboxylic acid groups (broad SMARTS) is 1. The lowest BCUT2D eigenvalue weighted by molar-refractivity contribution is -0.138. The molecule has 6 nitrogen and oxygen atoms in total. The van der Waals surface area contributed by atoms with Crippen LogP contribution in [-0.4, -0.2) is 66.7 Å². The van der Waals surface area contributed by atoms with E-state index in [-0.39, 0.29) is 24.5 Å². The lowest BCUT2D eigenvalue weighted by Crippen LogP contribution is -2.49. The standard InChI is InChI=1S/C10H19NO5S/c12-5-2-1-3-11-4-6-17(15,16)8-9(11)7-10(13)14/h9,12H,1-8H2,(H,13,14). The highest BCUT2D eigenvalue weighted by atomic mass is 32.2. The van der Waals surface area contributed by atoms with E-state index in [4.69, 9.17) is 10.2 Å². The summed E-state index contributed by atoms with van der Waals surface area (Å²) in [6, 6.07) is -0.426. The summed E-state index contributed by atoms with van der Waals surface area (Å²) < 4.78 is 22.9. The van der Waals surface area contributed by atoms with E-state index in [1.54, 1.807) is 0 Å². The van der Waals surface area contributed by atoms with Crippen molar-refractivity contribution in [1.82, 2.24) is 4.90 Å². The summed E-state index contributed by atoms with van der Waals surface area (Å²) in [7, 11) is -3.10. The van der Waals surface area contributed by atoms with Gasteiger partial charge >= 0.3 is 5.97 Å². The van der Waals surface area contributed by atoms with Crippen molar-refractivity contribution in [2.45, 2.75) is 25.3 Å². The van der Waals surface area contributed by atoms with Crippen molar-refractivity contribution in [3.63, 3.8) is 0 Å². The molecule has 1 atom stereocenters. The maximum Gasteiger partial charge on any atom is 0.304 e. The van der Waals surface area contributed by atoms with Gasteiger partial charge in [0.15, 0.2) is 9.84 Å². The maximum atomic E-state index is 11.5. The molecule has 1 unspecified atom stereocenters. The van der Waals surface area contributed by atoms with Crippen LogP contribution in [0.2, 0.25) is 0 Å². The molecule has 0 aromatic carbocycles. The number of carbonyl (C=O) groups is 1. The number of aliphatic hydroxyl groups excluding tert-OH is 1. The quantitative estimate of drug-likeness (QED) is 0.619. The molecular formula is C10H19NO5S. The Morgan fingerprint density at radius 3 is 2.65 bits per heavy atom. The second-order valence-electron chi connectivity index (χ2n) is 4.33. The van der Waals surface area contributed by atoms with Crippen molar-refractivity contribution in [2.24, 2.45) is 0 Å². The van der Waals surface area contributed by atoms with Crippen LogP contribution in [0.1, 0.15) is 19.3 Å². The summed E-state index contributed by atoms with van der Waals surface area (Å²) in [6.45, 7) is 1.15. The first kappa shape index (κ1) is 14.4. The van der Waals surface area contributed by atoms with Gasteiger partial charge < -0.3 is 10.2 Å². The largest absolute Gasteiger partial charge is 0.481 e. The summed E-state index contributed by atoms with van der Waals surface area (Å²) in [5.74, 6) is -0.944. The summed E-state index contributed by atoms with van der Waals surface area (Å²) in [5.41, 5.74) is 0. The van der Waals surface area contributed by atoms with Crippen LogP contribution in [0.25, 0.3) is 0 Å². The van der Waals surface area contributed by atoms with Gasteiger partial charge in [-0.15, -0.1) is 0 Å². The second-order valence-corrected chi connectivity index (χ2v) is 6.56. The SMILES string of the molecule is O=C(O)CC1CS(=O)(=O)CCN1CCCCO. The van der Waals surface area contributed by atoms with Crippen molar-refractivity contribution in [3.05, 3.63) is 0 Å². The van der Waals surface area contributed by atoms with Gasteiger partial charge in [0.1, 0.15) is 0 Å². The highest BCUT2D eigenvalue weighted by Crippen LogP contribution is 2.15. The number of hydrogen-bond acceptors (Lipinski definition) is 5. The van der Waals surface area contributed by atoms with E-state index >= 15 is 0 Å². The zero-order chi connectivity index (χ0) is 12.9. The Morgan fingerprint density at radius 1 is 1.35 bits per heavy atom. The number of nitrogens with zero attached hydrogens (tertiary/aromatic N) is 1. The molecule has 2 N–H and O–H groups in total. The van der Waals surface area contributed by atoms with Crippen LogP contribution in [-0.2, 0) is 14.6 Å². The normalized spacial score (nSPS) is 24.6. The summed E-state index contributed by atoms with van der Waals surface area (Å²) in [4.78, 5) is 12.6. The van der Waals surface area contributed by atoms with Crippen LogP contribution in [0.3, 0.4) is 0 Å². The predicted molar refractivity (Wildman–Crippen MR) is 62.6 cm³/mol. The van der Waals surface area contributed by atoms with E-state index in [9.17, 15) is 13.2 Å². The van der Waals surface area contributed by atoms with Gasteiger partial charge in [-0.1, -0.05) is 0 Å². The minimum Gasteiger partial charge on any atom is -0.481 e. The Kier molecular flexibility index (Phi) is 5.35. The summed E-state index contributed by atoms with van der Waals surface area (Å²) in [6.07, 6.45) is 1.27. The van der Waals surface area contributed by atoms with Gasteiger partial charge in [0, 0.05) is 19.2 Å². The van der Waals surface area contributed by atoms with Crippen LogP contribution in [0.5, 0.6) is 0 Å². The van der Waals surface area contributed by atoms with Crippen molar-refractivity contribution < 1.29 is 23.4 Å². The highest BCUT2D eigenvalue weighted by molar-refractivity contribution is 7.91. The molecule has 7 heteroatoms. The number of aliphatic hydroxyl groups is 1. The highest BCUT2D eigenvalue weighted by Gasteiger charge is 2.31. The van der Waals surface area contributed by atoms with Crippen molar-refractivity contribution in [3.8, 4) is 0 Å². The van der Waals surface area contributed by atoms with E-state index in [2.05, 4.69) is 0 Å². The summed E-state index contributed by atoms with van der Waals surface area (Å²) in [5, 5.41) is 17.4. The fourth-order valence-electron chi connectivity index (χ4n) is 2.03. The molecular weight excluding hydrogens is 246 g/mol. The molecule has 0 radical (unpaired) electrons. The lowest BCUT2D eigenvalue weighted by Gasteiger charge is -2.34. The Morgan fingerprint density at radius 2 is 2.06 bits per heavy atom. The molecule has 1 rings (SSSR count). The van der Waals surface area contributed by atoms with Gasteiger partial charge in [-0.2, -0.15) is 0 Å². The zero-order valence-electron chi connectivity index (χ0n) is 9.71. The number of sulfone groups is 1. The second kappa shape index (κ2) is 6.32.